The topological polar surface area (TPSA) is 38.7 Å². The molecule has 0 fully saturated rings. The summed E-state index contributed by atoms with van der Waals surface area (Å²) in [5.41, 5.74) is 5.24. The highest BCUT2D eigenvalue weighted by Gasteiger charge is 2.14. The first-order valence-corrected chi connectivity index (χ1v) is 15.8. The molecule has 0 saturated carbocycles. The van der Waals surface area contributed by atoms with Gasteiger partial charge in [0.05, 0.1) is 0 Å². The van der Waals surface area contributed by atoms with Crippen LogP contribution in [0.2, 0.25) is 0 Å². The molecular formula is C41H25N3S. The van der Waals surface area contributed by atoms with Gasteiger partial charge in [-0.25, -0.2) is 15.0 Å². The van der Waals surface area contributed by atoms with E-state index in [2.05, 4.69) is 152 Å². The van der Waals surface area contributed by atoms with Crippen molar-refractivity contribution in [2.45, 2.75) is 0 Å². The monoisotopic (exact) mass is 591 g/mol. The van der Waals surface area contributed by atoms with Gasteiger partial charge in [0.1, 0.15) is 0 Å². The van der Waals surface area contributed by atoms with Gasteiger partial charge in [0.2, 0.25) is 0 Å². The molecule has 0 unspecified atom stereocenters. The van der Waals surface area contributed by atoms with Crippen molar-refractivity contribution in [3.63, 3.8) is 0 Å². The number of hydrogen-bond donors (Lipinski definition) is 0. The Bertz CT molecular complexity index is 2450. The third-order valence-electron chi connectivity index (χ3n) is 8.50. The van der Waals surface area contributed by atoms with Crippen LogP contribution in [0.1, 0.15) is 0 Å². The zero-order valence-electron chi connectivity index (χ0n) is 24.2. The van der Waals surface area contributed by atoms with Crippen LogP contribution in [0.3, 0.4) is 0 Å². The van der Waals surface area contributed by atoms with Crippen molar-refractivity contribution >= 4 is 53.1 Å². The summed E-state index contributed by atoms with van der Waals surface area (Å²) in [7, 11) is 0. The molecule has 0 spiro atoms. The fraction of sp³-hybridized carbons (Fsp3) is 0. The smallest absolute Gasteiger partial charge is 0.164 e. The van der Waals surface area contributed by atoms with Crippen LogP contribution in [0.25, 0.3) is 87.0 Å². The Morgan fingerprint density at radius 2 is 0.778 bits per heavy atom. The minimum Gasteiger partial charge on any atom is -0.208 e. The largest absolute Gasteiger partial charge is 0.208 e. The SMILES string of the molecule is c1ccc2cc(-c3nc(-c4ccc(-c5ccc6sc7ccccc7c6c5)cc4)nc(-c4ccc5ccccc5c4)n3)ccc2c1. The van der Waals surface area contributed by atoms with E-state index in [1.807, 2.05) is 11.3 Å². The number of hydrogen-bond acceptors (Lipinski definition) is 4. The van der Waals surface area contributed by atoms with Crippen LogP contribution in [0.4, 0.5) is 0 Å². The summed E-state index contributed by atoms with van der Waals surface area (Å²) in [5, 5.41) is 7.30. The molecule has 0 N–H and O–H groups in total. The first-order chi connectivity index (χ1) is 22.2. The van der Waals surface area contributed by atoms with Gasteiger partial charge in [-0.15, -0.1) is 11.3 Å². The van der Waals surface area contributed by atoms with Crippen LogP contribution >= 0.6 is 11.3 Å². The molecule has 0 atom stereocenters. The second-order valence-electron chi connectivity index (χ2n) is 11.3. The van der Waals surface area contributed by atoms with E-state index >= 15 is 0 Å². The van der Waals surface area contributed by atoms with Crippen LogP contribution in [0.15, 0.2) is 152 Å². The second-order valence-corrected chi connectivity index (χ2v) is 12.4. The summed E-state index contributed by atoms with van der Waals surface area (Å²) in [6.45, 7) is 0. The van der Waals surface area contributed by atoms with E-state index in [4.69, 9.17) is 15.0 Å². The van der Waals surface area contributed by atoms with Gasteiger partial charge < -0.3 is 0 Å². The summed E-state index contributed by atoms with van der Waals surface area (Å²) in [6.07, 6.45) is 0. The van der Waals surface area contributed by atoms with Gasteiger partial charge in [-0.1, -0.05) is 121 Å². The van der Waals surface area contributed by atoms with Gasteiger partial charge >= 0.3 is 0 Å². The summed E-state index contributed by atoms with van der Waals surface area (Å²) in [4.78, 5) is 15.0. The Morgan fingerprint density at radius 1 is 0.311 bits per heavy atom. The van der Waals surface area contributed by atoms with Crippen molar-refractivity contribution in [2.75, 3.05) is 0 Å². The predicted molar refractivity (Wildman–Crippen MR) is 189 cm³/mol. The van der Waals surface area contributed by atoms with Gasteiger partial charge in [0.25, 0.3) is 0 Å². The van der Waals surface area contributed by atoms with Crippen molar-refractivity contribution in [1.29, 1.82) is 0 Å². The summed E-state index contributed by atoms with van der Waals surface area (Å²) < 4.78 is 2.63. The lowest BCUT2D eigenvalue weighted by Gasteiger charge is -2.10. The molecule has 0 aliphatic heterocycles. The lowest BCUT2D eigenvalue weighted by atomic mass is 10.0. The number of rotatable bonds is 4. The molecule has 0 aliphatic rings. The zero-order chi connectivity index (χ0) is 29.7. The van der Waals surface area contributed by atoms with E-state index in [-0.39, 0.29) is 0 Å². The highest BCUT2D eigenvalue weighted by molar-refractivity contribution is 7.25. The number of benzene rings is 7. The normalized spacial score (nSPS) is 11.6. The predicted octanol–water partition coefficient (Wildman–Crippen LogP) is 11.2. The third-order valence-corrected chi connectivity index (χ3v) is 9.66. The Morgan fingerprint density at radius 3 is 1.42 bits per heavy atom. The fourth-order valence-corrected chi connectivity index (χ4v) is 7.22. The Labute approximate surface area is 264 Å². The Balaban J connectivity index is 1.15. The highest BCUT2D eigenvalue weighted by Crippen LogP contribution is 2.37. The van der Waals surface area contributed by atoms with Gasteiger partial charge in [-0.3, -0.25) is 0 Å². The van der Waals surface area contributed by atoms with E-state index in [1.165, 1.54) is 36.5 Å². The Kier molecular flexibility index (Phi) is 6.00. The summed E-state index contributed by atoms with van der Waals surface area (Å²) in [5.74, 6) is 1.97. The maximum atomic E-state index is 5.02. The highest BCUT2D eigenvalue weighted by atomic mass is 32.1. The zero-order valence-corrected chi connectivity index (χ0v) is 25.0. The maximum absolute atomic E-state index is 5.02. The molecule has 2 heterocycles. The van der Waals surface area contributed by atoms with Gasteiger partial charge in [-0.2, -0.15) is 0 Å². The average Bonchev–Trinajstić information content (AvgIpc) is 3.49. The van der Waals surface area contributed by atoms with Gasteiger partial charge in [0.15, 0.2) is 17.5 Å². The maximum Gasteiger partial charge on any atom is 0.164 e. The molecule has 0 radical (unpaired) electrons. The quantitative estimate of drug-likeness (QED) is 0.204. The molecule has 4 heteroatoms. The number of nitrogens with zero attached hydrogens (tertiary/aromatic N) is 3. The standard InChI is InChI=1S/C41H25N3S/c1-3-9-30-23-33(19-15-26(30)7-1)40-42-39(43-41(44-40)34-20-16-27-8-2-4-10-31(27)24-34)29-17-13-28(14-18-29)32-21-22-38-36(25-32)35-11-5-6-12-37(35)45-38/h1-25H. The third kappa shape index (κ3) is 4.64. The lowest BCUT2D eigenvalue weighted by Crippen LogP contribution is -2.00. The number of aromatic nitrogens is 3. The van der Waals surface area contributed by atoms with E-state index in [0.29, 0.717) is 17.5 Å². The number of thiophene rings is 1. The molecular weight excluding hydrogens is 567 g/mol. The first-order valence-electron chi connectivity index (χ1n) is 15.0. The van der Waals surface area contributed by atoms with E-state index in [0.717, 1.165) is 33.0 Å². The van der Waals surface area contributed by atoms with Crippen molar-refractivity contribution in [3.8, 4) is 45.3 Å². The second kappa shape index (κ2) is 10.5. The van der Waals surface area contributed by atoms with Crippen LogP contribution in [-0.2, 0) is 0 Å². The molecule has 45 heavy (non-hydrogen) atoms. The molecule has 210 valence electrons. The van der Waals surface area contributed by atoms with Crippen molar-refractivity contribution in [1.82, 2.24) is 15.0 Å². The average molecular weight is 592 g/mol. The molecule has 7 aromatic carbocycles. The molecule has 9 rings (SSSR count). The summed E-state index contributed by atoms with van der Waals surface area (Å²) >= 11 is 1.84. The van der Waals surface area contributed by atoms with Crippen LogP contribution in [0.5, 0.6) is 0 Å². The molecule has 2 aromatic heterocycles. The van der Waals surface area contributed by atoms with E-state index in [9.17, 15) is 0 Å². The molecule has 0 amide bonds. The molecule has 0 saturated heterocycles. The molecule has 0 aliphatic carbocycles. The van der Waals surface area contributed by atoms with Crippen LogP contribution in [0, 0.1) is 0 Å². The van der Waals surface area contributed by atoms with Crippen LogP contribution in [-0.4, -0.2) is 15.0 Å². The minimum atomic E-state index is 0.655. The Hall–Kier alpha value is -5.71. The lowest BCUT2D eigenvalue weighted by molar-refractivity contribution is 1.08. The first kappa shape index (κ1) is 25.8. The summed E-state index contributed by atoms with van der Waals surface area (Å²) in [6, 6.07) is 53.5. The van der Waals surface area contributed by atoms with Crippen molar-refractivity contribution in [2.24, 2.45) is 0 Å². The molecule has 0 bridgehead atoms. The van der Waals surface area contributed by atoms with Crippen molar-refractivity contribution < 1.29 is 0 Å². The van der Waals surface area contributed by atoms with E-state index < -0.39 is 0 Å². The minimum absolute atomic E-state index is 0.655. The van der Waals surface area contributed by atoms with Crippen LogP contribution < -0.4 is 0 Å². The van der Waals surface area contributed by atoms with E-state index in [1.54, 1.807) is 0 Å². The fourth-order valence-electron chi connectivity index (χ4n) is 6.14. The van der Waals surface area contributed by atoms with Gasteiger partial charge in [0, 0.05) is 36.9 Å². The molecule has 3 nitrogen and oxygen atoms in total. The molecule has 9 aromatic rings. The van der Waals surface area contributed by atoms with Crippen molar-refractivity contribution in [3.05, 3.63) is 152 Å². The van der Waals surface area contributed by atoms with Gasteiger partial charge in [-0.05, 0) is 63.0 Å². The number of fused-ring (bicyclic) bond motifs is 5.